The van der Waals surface area contributed by atoms with Crippen molar-refractivity contribution in [3.8, 4) is 11.1 Å². The molecule has 1 N–H and O–H groups in total. The number of carbonyl (C=O) groups excluding carboxylic acids is 1. The van der Waals surface area contributed by atoms with E-state index in [1.165, 1.54) is 5.56 Å². The highest BCUT2D eigenvalue weighted by Gasteiger charge is 2.23. The van der Waals surface area contributed by atoms with Crippen LogP contribution >= 0.6 is 11.3 Å². The lowest BCUT2D eigenvalue weighted by atomic mass is 9.91. The Morgan fingerprint density at radius 3 is 2.83 bits per heavy atom. The molecule has 7 nitrogen and oxygen atoms in total. The van der Waals surface area contributed by atoms with Crippen LogP contribution in [-0.2, 0) is 24.1 Å². The van der Waals surface area contributed by atoms with Crippen LogP contribution < -0.4 is 5.32 Å². The Hall–Kier alpha value is -3.91. The average molecular weight is 482 g/mol. The molecule has 8 heteroatoms. The van der Waals surface area contributed by atoms with E-state index in [0.29, 0.717) is 18.2 Å². The van der Waals surface area contributed by atoms with Gasteiger partial charge in [0.25, 0.3) is 0 Å². The number of nitrogens with one attached hydrogen (secondary N) is 1. The topological polar surface area (TPSA) is 93.8 Å². The molecule has 6 rings (SSSR count). The van der Waals surface area contributed by atoms with Gasteiger partial charge in [0, 0.05) is 11.9 Å². The van der Waals surface area contributed by atoms with Gasteiger partial charge in [-0.2, -0.15) is 0 Å². The molecule has 5 aromatic rings. The van der Waals surface area contributed by atoms with Crippen molar-refractivity contribution in [2.75, 3.05) is 0 Å². The van der Waals surface area contributed by atoms with E-state index >= 15 is 0 Å². The lowest BCUT2D eigenvalue weighted by molar-refractivity contribution is -0.121. The van der Waals surface area contributed by atoms with Crippen LogP contribution in [0.3, 0.4) is 0 Å². The number of thiazole rings is 1. The van der Waals surface area contributed by atoms with Crippen molar-refractivity contribution in [1.29, 1.82) is 0 Å². The first-order valence-corrected chi connectivity index (χ1v) is 12.5. The predicted octanol–water partition coefficient (Wildman–Crippen LogP) is 5.07. The van der Waals surface area contributed by atoms with Crippen LogP contribution in [0.25, 0.3) is 21.3 Å². The summed E-state index contributed by atoms with van der Waals surface area (Å²) in [5.41, 5.74) is 5.46. The molecule has 0 spiro atoms. The van der Waals surface area contributed by atoms with Crippen LogP contribution in [0.5, 0.6) is 0 Å². The molecule has 35 heavy (non-hydrogen) atoms. The van der Waals surface area contributed by atoms with Crippen LogP contribution in [0.15, 0.2) is 71.3 Å². The number of fused-ring (bicyclic) bond motifs is 2. The van der Waals surface area contributed by atoms with E-state index in [1.54, 1.807) is 17.5 Å². The third kappa shape index (κ3) is 4.70. The standard InChI is InChI=1S/C27H23N5O2S/c33-24(29-21-10-4-9-20-19(21)8-5-13-28-20)15-25-31-32-26(34-25)16-27-30-22-12-11-18(14-23(22)35-27)17-6-2-1-3-7-17/h1-3,5-8,11-14,21H,4,9-10,15-16H2,(H,29,33). The third-order valence-corrected chi connectivity index (χ3v) is 7.22. The highest BCUT2D eigenvalue weighted by atomic mass is 32.1. The Bertz CT molecular complexity index is 1490. The molecule has 1 aliphatic rings. The number of aryl methyl sites for hydroxylation is 1. The molecule has 0 saturated carbocycles. The fourth-order valence-corrected chi connectivity index (χ4v) is 5.55. The molecule has 3 aromatic heterocycles. The molecule has 2 aromatic carbocycles. The first-order chi connectivity index (χ1) is 17.2. The van der Waals surface area contributed by atoms with Crippen molar-refractivity contribution in [3.63, 3.8) is 0 Å². The molecule has 174 valence electrons. The zero-order valence-corrected chi connectivity index (χ0v) is 19.8. The van der Waals surface area contributed by atoms with Crippen LogP contribution in [0, 0.1) is 0 Å². The minimum Gasteiger partial charge on any atom is -0.424 e. The maximum Gasteiger partial charge on any atom is 0.229 e. The highest BCUT2D eigenvalue weighted by Crippen LogP contribution is 2.30. The van der Waals surface area contributed by atoms with Crippen molar-refractivity contribution >= 4 is 27.5 Å². The molecule has 0 fully saturated rings. The van der Waals surface area contributed by atoms with Crippen LogP contribution in [0.4, 0.5) is 0 Å². The normalized spacial score (nSPS) is 15.1. The van der Waals surface area contributed by atoms with Crippen molar-refractivity contribution in [1.82, 2.24) is 25.5 Å². The van der Waals surface area contributed by atoms with Gasteiger partial charge in [0.2, 0.25) is 17.7 Å². The van der Waals surface area contributed by atoms with Crippen LogP contribution in [-0.4, -0.2) is 26.1 Å². The Morgan fingerprint density at radius 2 is 1.91 bits per heavy atom. The van der Waals surface area contributed by atoms with E-state index < -0.39 is 0 Å². The van der Waals surface area contributed by atoms with Crippen LogP contribution in [0.1, 0.15) is 46.9 Å². The number of pyridine rings is 1. The molecule has 1 amide bonds. The first kappa shape index (κ1) is 21.6. The number of rotatable bonds is 6. The van der Waals surface area contributed by atoms with E-state index in [1.807, 2.05) is 36.4 Å². The van der Waals surface area contributed by atoms with Crippen molar-refractivity contribution in [3.05, 3.63) is 94.9 Å². The minimum absolute atomic E-state index is 0.0223. The summed E-state index contributed by atoms with van der Waals surface area (Å²) >= 11 is 1.62. The summed E-state index contributed by atoms with van der Waals surface area (Å²) in [5.74, 6) is 0.643. The zero-order valence-electron chi connectivity index (χ0n) is 19.0. The fraction of sp³-hybridized carbons (Fsp3) is 0.222. The fourth-order valence-electron chi connectivity index (χ4n) is 4.56. The van der Waals surface area contributed by atoms with Gasteiger partial charge in [-0.1, -0.05) is 42.5 Å². The van der Waals surface area contributed by atoms with Gasteiger partial charge < -0.3 is 9.73 Å². The maximum absolute atomic E-state index is 12.7. The summed E-state index contributed by atoms with van der Waals surface area (Å²) in [4.78, 5) is 21.8. The second-order valence-corrected chi connectivity index (χ2v) is 9.77. The van der Waals surface area contributed by atoms with Crippen molar-refractivity contribution in [2.45, 2.75) is 38.1 Å². The lowest BCUT2D eigenvalue weighted by Crippen LogP contribution is -2.32. The summed E-state index contributed by atoms with van der Waals surface area (Å²) in [7, 11) is 0. The van der Waals surface area contributed by atoms with E-state index in [0.717, 1.165) is 51.3 Å². The molecular weight excluding hydrogens is 458 g/mol. The Balaban J connectivity index is 1.11. The molecular formula is C27H23N5O2S. The molecule has 0 aliphatic heterocycles. The molecule has 0 radical (unpaired) electrons. The largest absolute Gasteiger partial charge is 0.424 e. The summed E-state index contributed by atoms with van der Waals surface area (Å²) in [6.45, 7) is 0. The van der Waals surface area contributed by atoms with Gasteiger partial charge in [-0.25, -0.2) is 4.98 Å². The second kappa shape index (κ2) is 9.38. The van der Waals surface area contributed by atoms with Crippen molar-refractivity contribution < 1.29 is 9.21 Å². The van der Waals surface area contributed by atoms with Gasteiger partial charge in [0.1, 0.15) is 11.4 Å². The Morgan fingerprint density at radius 1 is 1.03 bits per heavy atom. The minimum atomic E-state index is -0.129. The lowest BCUT2D eigenvalue weighted by Gasteiger charge is -2.25. The number of nitrogens with zero attached hydrogens (tertiary/aromatic N) is 4. The van der Waals surface area contributed by atoms with Crippen molar-refractivity contribution in [2.24, 2.45) is 0 Å². The Kier molecular flexibility index (Phi) is 5.79. The SMILES string of the molecule is O=C(Cc1nnc(Cc2nc3ccc(-c4ccccc4)cc3s2)o1)NC1CCCc2ncccc21. The molecule has 1 atom stereocenters. The van der Waals surface area contributed by atoms with E-state index in [9.17, 15) is 4.79 Å². The Labute approximate surface area is 206 Å². The monoisotopic (exact) mass is 481 g/mol. The predicted molar refractivity (Wildman–Crippen MR) is 134 cm³/mol. The first-order valence-electron chi connectivity index (χ1n) is 11.7. The van der Waals surface area contributed by atoms with E-state index in [2.05, 4.69) is 44.8 Å². The highest BCUT2D eigenvalue weighted by molar-refractivity contribution is 7.18. The number of benzene rings is 2. The van der Waals surface area contributed by atoms with Crippen LogP contribution in [0.2, 0.25) is 0 Å². The van der Waals surface area contributed by atoms with E-state index in [4.69, 9.17) is 9.40 Å². The quantitative estimate of drug-likeness (QED) is 0.364. The molecule has 0 bridgehead atoms. The molecule has 1 unspecified atom stereocenters. The molecule has 1 aliphatic carbocycles. The maximum atomic E-state index is 12.7. The summed E-state index contributed by atoms with van der Waals surface area (Å²) in [5, 5.41) is 12.2. The third-order valence-electron chi connectivity index (χ3n) is 6.21. The smallest absolute Gasteiger partial charge is 0.229 e. The van der Waals surface area contributed by atoms with Gasteiger partial charge in [0.15, 0.2) is 0 Å². The zero-order chi connectivity index (χ0) is 23.6. The number of aromatic nitrogens is 4. The number of hydrogen-bond acceptors (Lipinski definition) is 7. The summed E-state index contributed by atoms with van der Waals surface area (Å²) in [6, 6.07) is 20.5. The van der Waals surface area contributed by atoms with E-state index in [-0.39, 0.29) is 18.4 Å². The van der Waals surface area contributed by atoms with Gasteiger partial charge >= 0.3 is 0 Å². The van der Waals surface area contributed by atoms with Gasteiger partial charge in [-0.05, 0) is 54.2 Å². The number of hydrogen-bond donors (Lipinski definition) is 1. The van der Waals surface area contributed by atoms with Gasteiger partial charge in [-0.3, -0.25) is 9.78 Å². The summed E-state index contributed by atoms with van der Waals surface area (Å²) in [6.07, 6.45) is 5.17. The van der Waals surface area contributed by atoms with Gasteiger partial charge in [0.05, 0.1) is 22.7 Å². The summed E-state index contributed by atoms with van der Waals surface area (Å²) < 4.78 is 6.89. The number of carbonyl (C=O) groups is 1. The average Bonchev–Trinajstić information content (AvgIpc) is 3.50. The molecule has 0 saturated heterocycles. The second-order valence-electron chi connectivity index (χ2n) is 8.65. The van der Waals surface area contributed by atoms with Gasteiger partial charge in [-0.15, -0.1) is 21.5 Å². The number of amides is 1. The molecule has 3 heterocycles.